The summed E-state index contributed by atoms with van der Waals surface area (Å²) < 4.78 is 5.24. The van der Waals surface area contributed by atoms with E-state index >= 15 is 0 Å². The number of amides is 2. The molecule has 2 saturated heterocycles. The number of β-amino-alcohol motifs (C(OH)–C–C–N with tert-alkyl or cyclic N) is 2. The minimum atomic E-state index is -0.785. The average molecular weight is 923 g/mol. The first-order valence-electron chi connectivity index (χ1n) is 21.0. The maximum absolute atomic E-state index is 13.5. The van der Waals surface area contributed by atoms with Crippen LogP contribution in [0.3, 0.4) is 0 Å². The summed E-state index contributed by atoms with van der Waals surface area (Å²) in [4.78, 5) is 92.3. The number of carbonyl (C=O) groups excluding carboxylic acids is 2. The first-order chi connectivity index (χ1) is 30.2. The normalized spacial score (nSPS) is 16.6. The van der Waals surface area contributed by atoms with Gasteiger partial charge < -0.3 is 10.2 Å². The Morgan fingerprint density at radius 2 is 1.03 bits per heavy atom. The number of nitrogens with zero attached hydrogens (tertiary/aromatic N) is 8. The van der Waals surface area contributed by atoms with Crippen LogP contribution in [0.5, 0.6) is 0 Å². The van der Waals surface area contributed by atoms with Crippen LogP contribution in [-0.4, -0.2) is 109 Å². The Morgan fingerprint density at radius 1 is 0.672 bits per heavy atom. The second-order valence-corrected chi connectivity index (χ2v) is 19.4. The highest BCUT2D eigenvalue weighted by molar-refractivity contribution is 7.19. The molecule has 0 bridgehead atoms. The third-order valence-corrected chi connectivity index (χ3v) is 13.7. The van der Waals surface area contributed by atoms with E-state index in [1.54, 1.807) is 9.13 Å². The van der Waals surface area contributed by atoms with Gasteiger partial charge in [-0.15, -0.1) is 22.7 Å². The molecule has 0 radical (unpaired) electrons. The van der Waals surface area contributed by atoms with Crippen molar-refractivity contribution in [3.63, 3.8) is 0 Å². The van der Waals surface area contributed by atoms with Gasteiger partial charge in [-0.05, 0) is 39.5 Å². The summed E-state index contributed by atoms with van der Waals surface area (Å²) in [5.41, 5.74) is 3.81. The van der Waals surface area contributed by atoms with Crippen molar-refractivity contribution < 1.29 is 29.5 Å². The van der Waals surface area contributed by atoms with Crippen LogP contribution in [0.15, 0.2) is 19.2 Å². The molecule has 0 saturated carbocycles. The van der Waals surface area contributed by atoms with Crippen LogP contribution in [0.2, 0.25) is 0 Å². The molecule has 20 nitrogen and oxygen atoms in total. The van der Waals surface area contributed by atoms with Gasteiger partial charge in [0.05, 0.1) is 46.4 Å². The average Bonchev–Trinajstić information content (AvgIpc) is 4.12. The molecule has 4 N–H and O–H groups in total. The second kappa shape index (κ2) is 18.2. The summed E-state index contributed by atoms with van der Waals surface area (Å²) in [5, 5.41) is 36.7. The van der Waals surface area contributed by atoms with Crippen LogP contribution in [0, 0.1) is 39.5 Å². The summed E-state index contributed by atoms with van der Waals surface area (Å²) in [6.45, 7) is 16.4. The standard InChI is InChI=1S/2C21H27N5O5S/c2*1-10(2)7-25-20-17(18(28)24(5)21(25)30)16(19(29)26-8-13(27)9-31-26)15(32-20)6-14-11(3)22-23-12(14)4/h2*10,13,27H,6-9H2,1-5H3,(H,22,23)/t2*13-/m00/s1. The van der Waals surface area contributed by atoms with E-state index in [1.807, 2.05) is 55.4 Å². The van der Waals surface area contributed by atoms with Gasteiger partial charge in [-0.2, -0.15) is 10.2 Å². The number of carbonyl (C=O) groups is 2. The van der Waals surface area contributed by atoms with Crippen molar-refractivity contribution in [3.8, 4) is 0 Å². The Bertz CT molecular complexity index is 2790. The lowest BCUT2D eigenvalue weighted by Crippen LogP contribution is -2.39. The summed E-state index contributed by atoms with van der Waals surface area (Å²) >= 11 is 2.55. The molecule has 0 aliphatic carbocycles. The molecule has 6 aromatic rings. The van der Waals surface area contributed by atoms with E-state index in [0.717, 1.165) is 53.2 Å². The Hall–Kier alpha value is -5.52. The van der Waals surface area contributed by atoms with E-state index in [1.165, 1.54) is 36.8 Å². The van der Waals surface area contributed by atoms with Crippen molar-refractivity contribution in [2.75, 3.05) is 26.3 Å². The number of aryl methyl sites for hydroxylation is 4. The molecule has 2 aliphatic rings. The highest BCUT2D eigenvalue weighted by Crippen LogP contribution is 2.35. The molecule has 64 heavy (non-hydrogen) atoms. The number of hydrogen-bond acceptors (Lipinski definition) is 14. The van der Waals surface area contributed by atoms with Crippen LogP contribution >= 0.6 is 22.7 Å². The molecular formula is C42H54N10O10S2. The predicted molar refractivity (Wildman–Crippen MR) is 240 cm³/mol. The second-order valence-electron chi connectivity index (χ2n) is 17.3. The number of aromatic amines is 2. The third-order valence-electron chi connectivity index (χ3n) is 11.3. The van der Waals surface area contributed by atoms with E-state index in [-0.39, 0.29) is 60.0 Å². The molecular weight excluding hydrogens is 869 g/mol. The summed E-state index contributed by atoms with van der Waals surface area (Å²) in [6, 6.07) is 0. The molecule has 8 rings (SSSR count). The minimum absolute atomic E-state index is 0.0131. The Kier molecular flexibility index (Phi) is 13.2. The monoisotopic (exact) mass is 922 g/mol. The number of fused-ring (bicyclic) bond motifs is 2. The van der Waals surface area contributed by atoms with E-state index in [4.69, 9.17) is 9.68 Å². The lowest BCUT2D eigenvalue weighted by molar-refractivity contribution is -0.0779. The number of aromatic nitrogens is 8. The fourth-order valence-corrected chi connectivity index (χ4v) is 10.6. The smallest absolute Gasteiger partial charge is 0.331 e. The minimum Gasteiger partial charge on any atom is -0.389 e. The molecule has 0 unspecified atom stereocenters. The van der Waals surface area contributed by atoms with Crippen molar-refractivity contribution >= 4 is 54.9 Å². The van der Waals surface area contributed by atoms with Gasteiger partial charge in [-0.25, -0.2) is 19.7 Å². The predicted octanol–water partition coefficient (Wildman–Crippen LogP) is 2.19. The Morgan fingerprint density at radius 3 is 1.31 bits per heavy atom. The van der Waals surface area contributed by atoms with Crippen LogP contribution in [0.1, 0.15) is 92.1 Å². The van der Waals surface area contributed by atoms with E-state index < -0.39 is 46.5 Å². The largest absolute Gasteiger partial charge is 0.389 e. The third kappa shape index (κ3) is 8.56. The van der Waals surface area contributed by atoms with E-state index in [9.17, 15) is 39.0 Å². The van der Waals surface area contributed by atoms with E-state index in [0.29, 0.717) is 45.3 Å². The van der Waals surface area contributed by atoms with Gasteiger partial charge in [-0.3, -0.25) is 57.3 Å². The number of H-pyrrole nitrogens is 2. The number of hydrogen-bond donors (Lipinski definition) is 4. The number of aliphatic hydroxyl groups excluding tert-OH is 2. The van der Waals surface area contributed by atoms with Gasteiger partial charge in [0.15, 0.2) is 0 Å². The highest BCUT2D eigenvalue weighted by Gasteiger charge is 2.35. The van der Waals surface area contributed by atoms with Crippen molar-refractivity contribution in [1.29, 1.82) is 0 Å². The van der Waals surface area contributed by atoms with Crippen molar-refractivity contribution in [1.82, 2.24) is 48.8 Å². The Labute approximate surface area is 374 Å². The van der Waals surface area contributed by atoms with Crippen LogP contribution in [0.25, 0.3) is 20.4 Å². The molecule has 344 valence electrons. The molecule has 0 aromatic carbocycles. The van der Waals surface area contributed by atoms with Crippen LogP contribution in [0.4, 0.5) is 0 Å². The van der Waals surface area contributed by atoms with Crippen molar-refractivity contribution in [2.24, 2.45) is 25.9 Å². The van der Waals surface area contributed by atoms with Gasteiger partial charge >= 0.3 is 11.4 Å². The highest BCUT2D eigenvalue weighted by atomic mass is 32.1. The zero-order chi connectivity index (χ0) is 46.6. The van der Waals surface area contributed by atoms with Gasteiger partial charge in [-0.1, -0.05) is 27.7 Å². The van der Waals surface area contributed by atoms with Gasteiger partial charge in [0, 0.05) is 72.3 Å². The molecule has 2 amide bonds. The fourth-order valence-electron chi connectivity index (χ4n) is 7.97. The lowest BCUT2D eigenvalue weighted by Gasteiger charge is -2.15. The number of thiophene rings is 2. The number of hydroxylamine groups is 4. The Balaban J connectivity index is 0.000000191. The fraction of sp³-hybridized carbons (Fsp3) is 0.524. The van der Waals surface area contributed by atoms with Crippen molar-refractivity contribution in [2.45, 2.75) is 93.5 Å². The first-order valence-corrected chi connectivity index (χ1v) is 22.6. The molecule has 6 aromatic heterocycles. The first kappa shape index (κ1) is 46.5. The molecule has 2 atom stereocenters. The van der Waals surface area contributed by atoms with Gasteiger partial charge in [0.25, 0.3) is 22.9 Å². The number of aliphatic hydroxyl groups is 2. The SMILES string of the molecule is Cc1n[nH]c(C)c1Cc1sc2c(c1C(=O)N1C[C@H](O)CO1)c(=O)n(C)c(=O)n2CC(C)C.Cc1n[nH]c(C)c1Cc1sc2c(c1C(=O)N1C[C@H](O)CO1)c(=O)n(C)c(=O)n2CC(C)C. The number of nitrogens with one attached hydrogen (secondary N) is 2. The zero-order valence-electron chi connectivity index (χ0n) is 37.5. The molecule has 8 heterocycles. The van der Waals surface area contributed by atoms with Gasteiger partial charge in [0.1, 0.15) is 35.1 Å². The summed E-state index contributed by atoms with van der Waals surface area (Å²) in [5.74, 6) is -0.663. The van der Waals surface area contributed by atoms with Crippen LogP contribution in [-0.2, 0) is 49.7 Å². The molecule has 2 aliphatic heterocycles. The van der Waals surface area contributed by atoms with Gasteiger partial charge in [0.2, 0.25) is 0 Å². The molecule has 22 heteroatoms. The van der Waals surface area contributed by atoms with Crippen molar-refractivity contribution in [3.05, 3.63) is 96.5 Å². The quantitative estimate of drug-likeness (QED) is 0.155. The topological polar surface area (TPSA) is 245 Å². The molecule has 2 fully saturated rings. The zero-order valence-corrected chi connectivity index (χ0v) is 39.2. The lowest BCUT2D eigenvalue weighted by atomic mass is 10.0. The molecule has 0 spiro atoms. The van der Waals surface area contributed by atoms with E-state index in [2.05, 4.69) is 20.4 Å². The van der Waals surface area contributed by atoms with Crippen LogP contribution < -0.4 is 22.5 Å². The maximum Gasteiger partial charge on any atom is 0.331 e. The summed E-state index contributed by atoms with van der Waals surface area (Å²) in [7, 11) is 2.85. The summed E-state index contributed by atoms with van der Waals surface area (Å²) in [6.07, 6.45) is -0.811. The number of rotatable bonds is 10. The maximum atomic E-state index is 13.5.